The molecule has 0 bridgehead atoms. The minimum absolute atomic E-state index is 0.0131. The molecule has 0 heterocycles. The van der Waals surface area contributed by atoms with Crippen LogP contribution in [0.4, 0.5) is 0 Å². The van der Waals surface area contributed by atoms with Gasteiger partial charge in [-0.2, -0.15) is 4.08 Å². The van der Waals surface area contributed by atoms with Crippen LogP contribution in [0, 0.1) is 11.8 Å². The summed E-state index contributed by atoms with van der Waals surface area (Å²) in [4.78, 5) is 0. The summed E-state index contributed by atoms with van der Waals surface area (Å²) in [6.07, 6.45) is 1.78. The van der Waals surface area contributed by atoms with Gasteiger partial charge < -0.3 is 9.05 Å². The van der Waals surface area contributed by atoms with Crippen LogP contribution in [0.15, 0.2) is 0 Å². The molecule has 0 aliphatic carbocycles. The normalized spacial score (nSPS) is 18.9. The van der Waals surface area contributed by atoms with Crippen LogP contribution in [0.2, 0.25) is 0 Å². The van der Waals surface area contributed by atoms with E-state index >= 15 is 0 Å². The van der Waals surface area contributed by atoms with Crippen LogP contribution in [0.5, 0.6) is 0 Å². The second kappa shape index (κ2) is 8.89. The minimum atomic E-state index is -2.83. The minimum Gasteiger partial charge on any atom is -0.305 e. The molecule has 0 aliphatic rings. The highest BCUT2D eigenvalue weighted by Gasteiger charge is 2.27. The Balaban J connectivity index is 4.38. The van der Waals surface area contributed by atoms with Gasteiger partial charge in [0, 0.05) is 0 Å². The third-order valence-corrected chi connectivity index (χ3v) is 5.25. The van der Waals surface area contributed by atoms with Gasteiger partial charge in [0.25, 0.3) is 0 Å². The number of rotatable bonds is 9. The summed E-state index contributed by atoms with van der Waals surface area (Å²) in [6.45, 7) is 9.63. The van der Waals surface area contributed by atoms with Crippen LogP contribution in [0.3, 0.4) is 0 Å². The van der Waals surface area contributed by atoms with Crippen molar-refractivity contribution < 1.29 is 13.1 Å². The Kier molecular flexibility index (Phi) is 9.29. The van der Waals surface area contributed by atoms with E-state index in [0.717, 1.165) is 12.8 Å². The fourth-order valence-electron chi connectivity index (χ4n) is 1.91. The largest absolute Gasteiger partial charge is 0.344 e. The molecular weight excluding hydrogens is 291 g/mol. The molecule has 2 unspecified atom stereocenters. The topological polar surface area (TPSA) is 27.7 Å². The first-order valence-electron chi connectivity index (χ1n) is 6.45. The van der Waals surface area contributed by atoms with Crippen molar-refractivity contribution in [2.75, 3.05) is 0 Å². The highest BCUT2D eigenvalue weighted by Crippen LogP contribution is 2.54. The van der Waals surface area contributed by atoms with E-state index < -0.39 is 6.72 Å². The predicted molar refractivity (Wildman–Crippen MR) is 81.2 cm³/mol. The smallest absolute Gasteiger partial charge is 0.305 e. The van der Waals surface area contributed by atoms with Gasteiger partial charge in [0.1, 0.15) is 0 Å². The molecule has 0 rings (SSSR count). The van der Waals surface area contributed by atoms with Crippen molar-refractivity contribution in [1.29, 1.82) is 0 Å². The number of halogens is 1. The molecule has 0 spiro atoms. The van der Waals surface area contributed by atoms with Crippen LogP contribution in [-0.4, -0.2) is 12.2 Å². The summed E-state index contributed by atoms with van der Waals surface area (Å²) >= 11 is 10.7. The van der Waals surface area contributed by atoms with E-state index in [4.69, 9.17) is 36.8 Å². The van der Waals surface area contributed by atoms with Gasteiger partial charge in [-0.3, -0.25) is 0 Å². The first-order chi connectivity index (χ1) is 8.18. The van der Waals surface area contributed by atoms with E-state index in [2.05, 4.69) is 27.7 Å². The van der Waals surface area contributed by atoms with E-state index in [1.165, 1.54) is 0 Å². The van der Waals surface area contributed by atoms with E-state index in [-0.39, 0.29) is 12.2 Å². The lowest BCUT2D eigenvalue weighted by Gasteiger charge is -2.26. The zero-order valence-electron chi connectivity index (χ0n) is 12.2. The highest BCUT2D eigenvalue weighted by atomic mass is 35.5. The van der Waals surface area contributed by atoms with Gasteiger partial charge in [0.2, 0.25) is 0 Å². The zero-order chi connectivity index (χ0) is 14.3. The molecule has 18 heavy (non-hydrogen) atoms. The van der Waals surface area contributed by atoms with Gasteiger partial charge in [-0.15, -0.1) is 0 Å². The van der Waals surface area contributed by atoms with Crippen LogP contribution < -0.4 is 0 Å². The molecule has 0 fully saturated rings. The summed E-state index contributed by atoms with van der Waals surface area (Å²) in [5.74, 6) is 1.07. The second-order valence-electron chi connectivity index (χ2n) is 5.61. The average molecular weight is 317 g/mol. The fourth-order valence-corrected chi connectivity index (χ4v) is 4.16. The lowest BCUT2D eigenvalue weighted by atomic mass is 10.1. The first kappa shape index (κ1) is 18.8. The Morgan fingerprint density at radius 3 is 1.44 bits per heavy atom. The molecule has 0 aromatic rings. The Morgan fingerprint density at radius 1 is 0.889 bits per heavy atom. The van der Waals surface area contributed by atoms with E-state index in [0.29, 0.717) is 11.8 Å². The molecule has 110 valence electrons. The Morgan fingerprint density at radius 2 is 1.22 bits per heavy atom. The molecule has 0 N–H and O–H groups in total. The number of hydrogen-bond acceptors (Lipinski definition) is 4. The molecule has 0 amide bonds. The van der Waals surface area contributed by atoms with Crippen LogP contribution in [-0.2, 0) is 24.9 Å². The maximum atomic E-state index is 5.70. The maximum Gasteiger partial charge on any atom is 0.344 e. The van der Waals surface area contributed by atoms with Crippen molar-refractivity contribution in [2.24, 2.45) is 11.8 Å². The van der Waals surface area contributed by atoms with E-state index in [1.54, 1.807) is 0 Å². The summed E-state index contributed by atoms with van der Waals surface area (Å²) < 4.78 is 16.2. The van der Waals surface area contributed by atoms with Gasteiger partial charge in [0.05, 0.1) is 24.1 Å². The molecule has 3 nitrogen and oxygen atoms in total. The first-order valence-corrected chi connectivity index (χ1v) is 9.32. The third-order valence-electron chi connectivity index (χ3n) is 2.31. The quantitative estimate of drug-likeness (QED) is 0.541. The lowest BCUT2D eigenvalue weighted by molar-refractivity contribution is 0.109. The van der Waals surface area contributed by atoms with Crippen molar-refractivity contribution in [3.63, 3.8) is 0 Å². The highest BCUT2D eigenvalue weighted by molar-refractivity contribution is 8.07. The van der Waals surface area contributed by atoms with Gasteiger partial charge in [-0.05, 0) is 50.3 Å². The molecule has 0 saturated carbocycles. The summed E-state index contributed by atoms with van der Waals surface area (Å²) in [6, 6.07) is 0. The molecule has 6 heteroatoms. The van der Waals surface area contributed by atoms with Crippen molar-refractivity contribution >= 4 is 30.4 Å². The molecule has 2 atom stereocenters. The Bertz CT molecular complexity index is 252. The summed E-state index contributed by atoms with van der Waals surface area (Å²) in [5, 5.41) is 0. The molecule has 0 radical (unpaired) electrons. The van der Waals surface area contributed by atoms with Crippen molar-refractivity contribution in [1.82, 2.24) is 0 Å². The van der Waals surface area contributed by atoms with Gasteiger partial charge in [-0.1, -0.05) is 27.7 Å². The molecule has 0 aromatic carbocycles. The Hall–Kier alpha value is 0.820. The van der Waals surface area contributed by atoms with Crippen LogP contribution >= 0.6 is 18.6 Å². The zero-order valence-corrected chi connectivity index (χ0v) is 14.6. The van der Waals surface area contributed by atoms with Gasteiger partial charge >= 0.3 is 6.72 Å². The average Bonchev–Trinajstić information content (AvgIpc) is 2.13. The van der Waals surface area contributed by atoms with E-state index in [9.17, 15) is 0 Å². The standard InChI is InChI=1S/C12H26ClO3PS/c1-9(2)7-11(5)14-17(18,16-13)15-12(6)8-10(3)4/h9-12H,7-8H2,1-6H3. The lowest BCUT2D eigenvalue weighted by Crippen LogP contribution is -2.15. The van der Waals surface area contributed by atoms with Gasteiger partial charge in [-0.25, -0.2) is 0 Å². The summed E-state index contributed by atoms with van der Waals surface area (Å²) in [5.41, 5.74) is 0. The van der Waals surface area contributed by atoms with E-state index in [1.807, 2.05) is 13.8 Å². The van der Waals surface area contributed by atoms with Crippen molar-refractivity contribution in [3.05, 3.63) is 0 Å². The molecule has 0 aliphatic heterocycles. The monoisotopic (exact) mass is 316 g/mol. The predicted octanol–water partition coefficient (Wildman–Crippen LogP) is 5.28. The summed E-state index contributed by atoms with van der Waals surface area (Å²) in [7, 11) is 0. The van der Waals surface area contributed by atoms with Crippen LogP contribution in [0.1, 0.15) is 54.4 Å². The molecular formula is C12H26ClO3PS. The van der Waals surface area contributed by atoms with Crippen LogP contribution in [0.25, 0.3) is 0 Å². The molecule has 0 aromatic heterocycles. The fraction of sp³-hybridized carbons (Fsp3) is 1.00. The van der Waals surface area contributed by atoms with Crippen molar-refractivity contribution in [2.45, 2.75) is 66.6 Å². The van der Waals surface area contributed by atoms with Gasteiger partial charge in [0.15, 0.2) is 0 Å². The number of hydrogen-bond donors (Lipinski definition) is 0. The Labute approximate surface area is 122 Å². The second-order valence-corrected chi connectivity index (χ2v) is 8.82. The SMILES string of the molecule is CC(C)CC(C)OP(=S)(OCl)OC(C)CC(C)C. The van der Waals surface area contributed by atoms with Crippen molar-refractivity contribution in [3.8, 4) is 0 Å². The molecule has 0 saturated heterocycles. The maximum absolute atomic E-state index is 5.70. The third kappa shape index (κ3) is 8.84.